The lowest BCUT2D eigenvalue weighted by Gasteiger charge is -2.11. The van der Waals surface area contributed by atoms with Crippen LogP contribution in [-0.2, 0) is 19.9 Å². The third kappa shape index (κ3) is 4.78. The number of imidazole rings is 1. The fourth-order valence-electron chi connectivity index (χ4n) is 3.50. The van der Waals surface area contributed by atoms with Gasteiger partial charge in [-0.05, 0) is 54.3 Å². The molecule has 0 aliphatic heterocycles. The zero-order chi connectivity index (χ0) is 21.6. The number of carbonyl (C=O) groups excluding carboxylic acids is 2. The summed E-state index contributed by atoms with van der Waals surface area (Å²) >= 11 is 0. The van der Waals surface area contributed by atoms with Crippen LogP contribution in [-0.4, -0.2) is 21.2 Å². The second-order valence-electron chi connectivity index (χ2n) is 7.37. The van der Waals surface area contributed by atoms with Gasteiger partial charge < -0.3 is 9.88 Å². The molecule has 1 heterocycles. The van der Waals surface area contributed by atoms with Gasteiger partial charge in [-0.1, -0.05) is 48.5 Å². The maximum absolute atomic E-state index is 12.9. The van der Waals surface area contributed by atoms with Gasteiger partial charge in [0.1, 0.15) is 0 Å². The van der Waals surface area contributed by atoms with Crippen molar-refractivity contribution in [2.24, 2.45) is 7.05 Å². The summed E-state index contributed by atoms with van der Waals surface area (Å²) in [4.78, 5) is 29.5. The van der Waals surface area contributed by atoms with Crippen molar-refractivity contribution in [2.45, 2.75) is 12.8 Å². The second-order valence-corrected chi connectivity index (χ2v) is 7.37. The van der Waals surface area contributed by atoms with Gasteiger partial charge in [0.05, 0.1) is 0 Å². The Kier molecular flexibility index (Phi) is 6.03. The summed E-state index contributed by atoms with van der Waals surface area (Å²) in [6.07, 6.45) is 4.98. The van der Waals surface area contributed by atoms with Gasteiger partial charge in [-0.25, -0.2) is 4.98 Å². The Balaban J connectivity index is 1.45. The van der Waals surface area contributed by atoms with E-state index in [9.17, 15) is 9.59 Å². The van der Waals surface area contributed by atoms with Gasteiger partial charge in [0, 0.05) is 36.3 Å². The van der Waals surface area contributed by atoms with Crippen molar-refractivity contribution in [3.63, 3.8) is 0 Å². The Morgan fingerprint density at radius 1 is 0.871 bits per heavy atom. The maximum atomic E-state index is 12.9. The van der Waals surface area contributed by atoms with Crippen molar-refractivity contribution in [1.82, 2.24) is 9.55 Å². The summed E-state index contributed by atoms with van der Waals surface area (Å²) in [6, 6.07) is 24.8. The number of benzene rings is 3. The molecule has 1 aromatic heterocycles. The molecule has 5 nitrogen and oxygen atoms in total. The highest BCUT2D eigenvalue weighted by molar-refractivity contribution is 6.08. The highest BCUT2D eigenvalue weighted by atomic mass is 16.1. The SMILES string of the molecule is Cn1ccnc1C(=O)c1ccc(NC(=O)c2ccccc2CCc2ccccc2)cc1. The molecule has 5 heteroatoms. The smallest absolute Gasteiger partial charge is 0.255 e. The molecular formula is C26H23N3O2. The Hall–Kier alpha value is -3.99. The number of nitrogens with one attached hydrogen (secondary N) is 1. The molecule has 154 valence electrons. The lowest BCUT2D eigenvalue weighted by Crippen LogP contribution is -2.15. The fourth-order valence-corrected chi connectivity index (χ4v) is 3.50. The quantitative estimate of drug-likeness (QED) is 0.451. The summed E-state index contributed by atoms with van der Waals surface area (Å²) < 4.78 is 1.68. The first-order valence-electron chi connectivity index (χ1n) is 10.2. The Morgan fingerprint density at radius 3 is 2.29 bits per heavy atom. The van der Waals surface area contributed by atoms with Crippen LogP contribution >= 0.6 is 0 Å². The highest BCUT2D eigenvalue weighted by Crippen LogP contribution is 2.17. The van der Waals surface area contributed by atoms with Crippen LogP contribution in [0.2, 0.25) is 0 Å². The molecule has 3 aromatic carbocycles. The van der Waals surface area contributed by atoms with Crippen LogP contribution in [0.25, 0.3) is 0 Å². The molecule has 4 aromatic rings. The maximum Gasteiger partial charge on any atom is 0.255 e. The topological polar surface area (TPSA) is 64.0 Å². The highest BCUT2D eigenvalue weighted by Gasteiger charge is 2.15. The van der Waals surface area contributed by atoms with E-state index in [0.29, 0.717) is 22.6 Å². The lowest BCUT2D eigenvalue weighted by molar-refractivity contribution is 0.101. The minimum Gasteiger partial charge on any atom is -0.331 e. The third-order valence-corrected chi connectivity index (χ3v) is 5.22. The molecule has 0 saturated heterocycles. The van der Waals surface area contributed by atoms with Crippen molar-refractivity contribution in [3.05, 3.63) is 119 Å². The molecule has 4 rings (SSSR count). The number of nitrogens with zero attached hydrogens (tertiary/aromatic N) is 2. The van der Waals surface area contributed by atoms with E-state index in [4.69, 9.17) is 0 Å². The number of anilines is 1. The molecule has 31 heavy (non-hydrogen) atoms. The number of carbonyl (C=O) groups is 2. The van der Waals surface area contributed by atoms with Crippen molar-refractivity contribution < 1.29 is 9.59 Å². The standard InChI is InChI=1S/C26H23N3O2/c1-29-18-17-27-25(29)24(30)21-13-15-22(16-14-21)28-26(31)23-10-6-5-9-20(23)12-11-19-7-3-2-4-8-19/h2-10,13-18H,11-12H2,1H3,(H,28,31). The number of aromatic nitrogens is 2. The van der Waals surface area contributed by atoms with E-state index in [1.54, 1.807) is 48.3 Å². The van der Waals surface area contributed by atoms with Crippen LogP contribution < -0.4 is 5.32 Å². The molecule has 0 fully saturated rings. The molecule has 0 unspecified atom stereocenters. The van der Waals surface area contributed by atoms with Crippen molar-refractivity contribution in [2.75, 3.05) is 5.32 Å². The van der Waals surface area contributed by atoms with Crippen molar-refractivity contribution in [1.29, 1.82) is 0 Å². The van der Waals surface area contributed by atoms with Gasteiger partial charge in [0.2, 0.25) is 5.78 Å². The van der Waals surface area contributed by atoms with E-state index in [2.05, 4.69) is 22.4 Å². The molecule has 0 aliphatic rings. The fraction of sp³-hybridized carbons (Fsp3) is 0.115. The number of rotatable bonds is 7. The zero-order valence-electron chi connectivity index (χ0n) is 17.3. The van der Waals surface area contributed by atoms with Crippen LogP contribution in [0.1, 0.15) is 37.7 Å². The number of amides is 1. The lowest BCUT2D eigenvalue weighted by atomic mass is 9.99. The Labute approximate surface area is 181 Å². The van der Waals surface area contributed by atoms with Crippen LogP contribution in [0.15, 0.2) is 91.3 Å². The van der Waals surface area contributed by atoms with Gasteiger partial charge in [-0.2, -0.15) is 0 Å². The molecule has 1 amide bonds. The van der Waals surface area contributed by atoms with E-state index in [1.807, 2.05) is 42.5 Å². The summed E-state index contributed by atoms with van der Waals surface area (Å²) in [7, 11) is 1.78. The molecule has 0 radical (unpaired) electrons. The van der Waals surface area contributed by atoms with Gasteiger partial charge in [0.15, 0.2) is 5.82 Å². The normalized spacial score (nSPS) is 10.6. The number of aryl methyl sites for hydroxylation is 3. The second kappa shape index (κ2) is 9.22. The third-order valence-electron chi connectivity index (χ3n) is 5.22. The van der Waals surface area contributed by atoms with Crippen molar-refractivity contribution >= 4 is 17.4 Å². The summed E-state index contributed by atoms with van der Waals surface area (Å²) in [5.74, 6) is 0.0626. The van der Waals surface area contributed by atoms with E-state index < -0.39 is 0 Å². The van der Waals surface area contributed by atoms with E-state index >= 15 is 0 Å². The van der Waals surface area contributed by atoms with E-state index in [-0.39, 0.29) is 11.7 Å². The predicted molar refractivity (Wildman–Crippen MR) is 121 cm³/mol. The summed E-state index contributed by atoms with van der Waals surface area (Å²) in [5.41, 5.74) is 4.07. The number of ketones is 1. The molecule has 0 atom stereocenters. The van der Waals surface area contributed by atoms with Gasteiger partial charge in [-0.3, -0.25) is 9.59 Å². The number of hydrogen-bond acceptors (Lipinski definition) is 3. The molecule has 1 N–H and O–H groups in total. The molecule has 0 spiro atoms. The monoisotopic (exact) mass is 409 g/mol. The zero-order valence-corrected chi connectivity index (χ0v) is 17.3. The summed E-state index contributed by atoms with van der Waals surface area (Å²) in [6.45, 7) is 0. The molecule has 0 aliphatic carbocycles. The first-order chi connectivity index (χ1) is 15.1. The Bertz CT molecular complexity index is 1190. The van der Waals surface area contributed by atoms with Crippen molar-refractivity contribution in [3.8, 4) is 0 Å². The predicted octanol–water partition coefficient (Wildman–Crippen LogP) is 4.69. The van der Waals surface area contributed by atoms with Crippen LogP contribution in [0, 0.1) is 0 Å². The Morgan fingerprint density at radius 2 is 1.58 bits per heavy atom. The average Bonchev–Trinajstić information content (AvgIpc) is 3.24. The van der Waals surface area contributed by atoms with E-state index in [1.165, 1.54) is 5.56 Å². The average molecular weight is 409 g/mol. The van der Waals surface area contributed by atoms with Crippen LogP contribution in [0.5, 0.6) is 0 Å². The van der Waals surface area contributed by atoms with Crippen LogP contribution in [0.3, 0.4) is 0 Å². The molecular weight excluding hydrogens is 386 g/mol. The first-order valence-corrected chi connectivity index (χ1v) is 10.2. The largest absolute Gasteiger partial charge is 0.331 e. The minimum atomic E-state index is -0.160. The molecule has 0 saturated carbocycles. The van der Waals surface area contributed by atoms with Crippen LogP contribution in [0.4, 0.5) is 5.69 Å². The molecule has 0 bridgehead atoms. The van der Waals surface area contributed by atoms with Gasteiger partial charge in [0.25, 0.3) is 5.91 Å². The first kappa shape index (κ1) is 20.3. The van der Waals surface area contributed by atoms with Gasteiger partial charge >= 0.3 is 0 Å². The van der Waals surface area contributed by atoms with Gasteiger partial charge in [-0.15, -0.1) is 0 Å². The number of hydrogen-bond donors (Lipinski definition) is 1. The summed E-state index contributed by atoms with van der Waals surface area (Å²) in [5, 5.41) is 2.94. The minimum absolute atomic E-state index is 0.156. The van der Waals surface area contributed by atoms with E-state index in [0.717, 1.165) is 18.4 Å².